The predicted molar refractivity (Wildman–Crippen MR) is 51.0 cm³/mol. The third-order valence-electron chi connectivity index (χ3n) is 1.50. The van der Waals surface area contributed by atoms with E-state index in [2.05, 4.69) is 4.99 Å². The van der Waals surface area contributed by atoms with Gasteiger partial charge in [-0.2, -0.15) is 0 Å². The third kappa shape index (κ3) is 3.40. The van der Waals surface area contributed by atoms with Gasteiger partial charge in [-0.15, -0.1) is 0 Å². The van der Waals surface area contributed by atoms with Crippen LogP contribution < -0.4 is 11.2 Å². The third-order valence-corrected chi connectivity index (χ3v) is 1.50. The molecule has 0 aromatic heterocycles. The molecule has 0 aliphatic carbocycles. The summed E-state index contributed by atoms with van der Waals surface area (Å²) in [6.07, 6.45) is 0. The minimum absolute atomic E-state index is 0.112. The zero-order valence-corrected chi connectivity index (χ0v) is 7.68. The van der Waals surface area contributed by atoms with E-state index in [0.29, 0.717) is 5.69 Å². The summed E-state index contributed by atoms with van der Waals surface area (Å²) in [5, 5.41) is 16.5. The number of aliphatic imine (C=N–C) groups is 1. The molecule has 0 bridgehead atoms. The zero-order valence-electron chi connectivity index (χ0n) is 7.68. The van der Waals surface area contributed by atoms with Crippen molar-refractivity contribution in [2.75, 3.05) is 0 Å². The van der Waals surface area contributed by atoms with E-state index in [0.717, 1.165) is 5.56 Å². The molecule has 1 aromatic carbocycles. The molecule has 1 rings (SSSR count). The Labute approximate surface area is 81.2 Å². The van der Waals surface area contributed by atoms with Gasteiger partial charge in [0, 0.05) is 5.34 Å². The molecule has 1 aromatic rings. The normalized spacial score (nSPS) is 11.9. The van der Waals surface area contributed by atoms with E-state index in [9.17, 15) is 0 Å². The van der Waals surface area contributed by atoms with Gasteiger partial charge in [0.1, 0.15) is 0 Å². The monoisotopic (exact) mass is 196 g/mol. The number of guanidine groups is 1. The molecular weight excluding hydrogens is 184 g/mol. The first-order chi connectivity index (χ1) is 6.58. The van der Waals surface area contributed by atoms with Crippen LogP contribution in [0.1, 0.15) is 5.56 Å². The first-order valence-corrected chi connectivity index (χ1v) is 3.93. The summed E-state index contributed by atoms with van der Waals surface area (Å²) < 4.78 is 0. The maximum absolute atomic E-state index is 8.36. The minimum atomic E-state index is -0.257. The largest absolute Gasteiger partial charge is 0.368 e. The molecule has 6 heteroatoms. The highest BCUT2D eigenvalue weighted by Gasteiger charge is 1.95. The van der Waals surface area contributed by atoms with Crippen molar-refractivity contribution in [3.05, 3.63) is 29.8 Å². The van der Waals surface area contributed by atoms with E-state index in [1.165, 1.54) is 0 Å². The predicted octanol–water partition coefficient (Wildman–Crippen LogP) is 0.526. The van der Waals surface area contributed by atoms with Crippen LogP contribution in [0.2, 0.25) is 0 Å². The van der Waals surface area contributed by atoms with Gasteiger partial charge in [-0.1, -0.05) is 17.7 Å². The van der Waals surface area contributed by atoms with Gasteiger partial charge in [0.2, 0.25) is 5.96 Å². The van der Waals surface area contributed by atoms with Crippen molar-refractivity contribution in [3.63, 3.8) is 0 Å². The highest BCUT2D eigenvalue weighted by atomic mass is 16.8. The van der Waals surface area contributed by atoms with Gasteiger partial charge < -0.3 is 5.73 Å². The van der Waals surface area contributed by atoms with Gasteiger partial charge in [-0.25, -0.2) is 10.4 Å². The van der Waals surface area contributed by atoms with Crippen molar-refractivity contribution in [3.8, 4) is 0 Å². The summed E-state index contributed by atoms with van der Waals surface area (Å²) in [5.41, 5.74) is 9.04. The van der Waals surface area contributed by atoms with Crippen LogP contribution in [0.15, 0.2) is 29.3 Å². The Morgan fingerprint density at radius 3 is 2.43 bits per heavy atom. The van der Waals surface area contributed by atoms with E-state index < -0.39 is 0 Å². The van der Waals surface area contributed by atoms with Crippen molar-refractivity contribution in [1.29, 1.82) is 0 Å². The highest BCUT2D eigenvalue weighted by Crippen LogP contribution is 2.11. The van der Waals surface area contributed by atoms with E-state index in [-0.39, 0.29) is 11.3 Å². The number of hydrazine groups is 1. The smallest absolute Gasteiger partial charge is 0.212 e. The number of hydrogen-bond acceptors (Lipinski definition) is 4. The average Bonchev–Trinajstić information content (AvgIpc) is 2.07. The summed E-state index contributed by atoms with van der Waals surface area (Å²) in [6, 6.07) is 7.29. The van der Waals surface area contributed by atoms with Crippen molar-refractivity contribution in [2.24, 2.45) is 10.7 Å². The van der Waals surface area contributed by atoms with E-state index in [1.807, 2.05) is 24.5 Å². The van der Waals surface area contributed by atoms with Crippen LogP contribution in [0, 0.1) is 6.92 Å². The summed E-state index contributed by atoms with van der Waals surface area (Å²) in [6.45, 7) is 1.96. The molecule has 0 unspecified atom stereocenters. The van der Waals surface area contributed by atoms with Crippen molar-refractivity contribution < 1.29 is 10.4 Å². The molecule has 0 aliphatic rings. The van der Waals surface area contributed by atoms with Crippen molar-refractivity contribution in [1.82, 2.24) is 10.8 Å². The quantitative estimate of drug-likeness (QED) is 0.314. The molecule has 0 saturated heterocycles. The molecule has 0 atom stereocenters. The fourth-order valence-electron chi connectivity index (χ4n) is 0.886. The standard InChI is InChI=1S/C8H12N4O2/c1-6-2-4-7(5-3-6)10-8(9)11-12(13)14/h2-5,13-14H,1H3,(H3,9,10,11). The number of nitrogens with one attached hydrogen (secondary N) is 1. The zero-order chi connectivity index (χ0) is 10.6. The van der Waals surface area contributed by atoms with Gasteiger partial charge in [-0.05, 0) is 19.1 Å². The summed E-state index contributed by atoms with van der Waals surface area (Å²) in [4.78, 5) is 3.86. The van der Waals surface area contributed by atoms with Crippen LogP contribution in [0.25, 0.3) is 0 Å². The maximum atomic E-state index is 8.36. The Hall–Kier alpha value is -1.63. The van der Waals surface area contributed by atoms with Crippen LogP contribution in [-0.2, 0) is 0 Å². The molecule has 0 aliphatic heterocycles. The summed E-state index contributed by atoms with van der Waals surface area (Å²) in [5.74, 6) is -0.112. The lowest BCUT2D eigenvalue weighted by molar-refractivity contribution is -0.329. The topological polar surface area (TPSA) is 94.1 Å². The van der Waals surface area contributed by atoms with Crippen LogP contribution in [0.4, 0.5) is 5.69 Å². The number of hydrogen-bond donors (Lipinski definition) is 4. The van der Waals surface area contributed by atoms with Crippen LogP contribution in [0.3, 0.4) is 0 Å². The van der Waals surface area contributed by atoms with Crippen LogP contribution >= 0.6 is 0 Å². The second-order valence-electron chi connectivity index (χ2n) is 2.73. The molecule has 0 heterocycles. The first kappa shape index (κ1) is 10.5. The van der Waals surface area contributed by atoms with Gasteiger partial charge in [-0.3, -0.25) is 10.4 Å². The van der Waals surface area contributed by atoms with Gasteiger partial charge in [0.15, 0.2) is 0 Å². The lowest BCUT2D eigenvalue weighted by Gasteiger charge is -2.07. The Morgan fingerprint density at radius 2 is 1.93 bits per heavy atom. The van der Waals surface area contributed by atoms with Crippen LogP contribution in [0.5, 0.6) is 0 Å². The first-order valence-electron chi connectivity index (χ1n) is 3.93. The average molecular weight is 196 g/mol. The molecule has 0 radical (unpaired) electrons. The number of nitrogens with two attached hydrogens (primary N) is 1. The molecular formula is C8H12N4O2. The molecule has 0 saturated carbocycles. The Morgan fingerprint density at radius 1 is 1.36 bits per heavy atom. The summed E-state index contributed by atoms with van der Waals surface area (Å²) in [7, 11) is 0. The number of benzene rings is 1. The second kappa shape index (κ2) is 4.56. The summed E-state index contributed by atoms with van der Waals surface area (Å²) >= 11 is 0. The molecule has 76 valence electrons. The molecule has 0 amide bonds. The highest BCUT2D eigenvalue weighted by molar-refractivity contribution is 5.80. The number of nitrogens with zero attached hydrogens (tertiary/aromatic N) is 2. The molecule has 6 nitrogen and oxygen atoms in total. The molecule has 5 N–H and O–H groups in total. The minimum Gasteiger partial charge on any atom is -0.368 e. The lowest BCUT2D eigenvalue weighted by atomic mass is 10.2. The Balaban J connectivity index is 2.71. The van der Waals surface area contributed by atoms with Gasteiger partial charge in [0.05, 0.1) is 5.69 Å². The Bertz CT molecular complexity index is 321. The maximum Gasteiger partial charge on any atom is 0.212 e. The van der Waals surface area contributed by atoms with Gasteiger partial charge in [0.25, 0.3) is 0 Å². The van der Waals surface area contributed by atoms with E-state index in [1.54, 1.807) is 12.1 Å². The second-order valence-corrected chi connectivity index (χ2v) is 2.73. The molecule has 14 heavy (non-hydrogen) atoms. The van der Waals surface area contributed by atoms with Crippen molar-refractivity contribution >= 4 is 11.6 Å². The molecule has 0 fully saturated rings. The fourth-order valence-corrected chi connectivity index (χ4v) is 0.886. The van der Waals surface area contributed by atoms with E-state index in [4.69, 9.17) is 16.1 Å². The van der Waals surface area contributed by atoms with Crippen LogP contribution in [-0.4, -0.2) is 21.7 Å². The van der Waals surface area contributed by atoms with Gasteiger partial charge >= 0.3 is 0 Å². The van der Waals surface area contributed by atoms with E-state index >= 15 is 0 Å². The number of rotatable bonds is 2. The lowest BCUT2D eigenvalue weighted by Crippen LogP contribution is -2.41. The fraction of sp³-hybridized carbons (Fsp3) is 0.125. The van der Waals surface area contributed by atoms with Crippen molar-refractivity contribution in [2.45, 2.75) is 6.92 Å². The molecule has 0 spiro atoms. The Kier molecular flexibility index (Phi) is 3.41. The SMILES string of the molecule is Cc1ccc(N=C(N)NN(O)O)cc1. The number of aryl methyl sites for hydroxylation is 1.